The van der Waals surface area contributed by atoms with Crippen molar-refractivity contribution >= 4 is 23.5 Å². The van der Waals surface area contributed by atoms with Crippen LogP contribution in [0.1, 0.15) is 36.8 Å². The summed E-state index contributed by atoms with van der Waals surface area (Å²) in [5, 5.41) is 11.1. The number of carboxylic acid groups (broad SMARTS) is 1. The molecule has 0 fully saturated rings. The molecule has 0 bridgehead atoms. The molecule has 2 aromatic carbocycles. The monoisotopic (exact) mass is 376 g/mol. The van der Waals surface area contributed by atoms with Gasteiger partial charge in [-0.3, -0.25) is 19.1 Å². The molecule has 2 amide bonds. The van der Waals surface area contributed by atoms with Crippen molar-refractivity contribution in [3.8, 4) is 5.69 Å². The van der Waals surface area contributed by atoms with Gasteiger partial charge in [-0.2, -0.15) is 0 Å². The second-order valence-corrected chi connectivity index (χ2v) is 6.40. The number of para-hydroxylation sites is 1. The van der Waals surface area contributed by atoms with Gasteiger partial charge in [0, 0.05) is 7.05 Å². The van der Waals surface area contributed by atoms with Crippen molar-refractivity contribution in [2.45, 2.75) is 6.92 Å². The number of hydrogen-bond donors (Lipinski definition) is 0. The molecule has 1 aliphatic rings. The predicted molar refractivity (Wildman–Crippen MR) is 97.7 cm³/mol. The number of fused-ring (bicyclic) bond motifs is 1. The SMILES string of the molecule is Cc1c(N2C(=O)c3ccc(C(=O)[O-])cc3C2=O)c(=O)n(-c2ccccc2)n1C. The third kappa shape index (κ3) is 2.31. The van der Waals surface area contributed by atoms with Crippen LogP contribution in [-0.4, -0.2) is 27.1 Å². The van der Waals surface area contributed by atoms with Crippen LogP contribution in [0.3, 0.4) is 0 Å². The minimum Gasteiger partial charge on any atom is -0.545 e. The highest BCUT2D eigenvalue weighted by atomic mass is 16.4. The summed E-state index contributed by atoms with van der Waals surface area (Å²) in [6.45, 7) is 1.63. The van der Waals surface area contributed by atoms with E-state index in [0.29, 0.717) is 11.4 Å². The highest BCUT2D eigenvalue weighted by Gasteiger charge is 2.40. The van der Waals surface area contributed by atoms with E-state index in [0.717, 1.165) is 11.0 Å². The molecule has 0 N–H and O–H groups in total. The summed E-state index contributed by atoms with van der Waals surface area (Å²) in [6, 6.07) is 12.4. The van der Waals surface area contributed by atoms with Crippen molar-refractivity contribution in [1.82, 2.24) is 9.36 Å². The Bertz CT molecular complexity index is 1220. The molecule has 28 heavy (non-hydrogen) atoms. The number of carbonyl (C=O) groups is 3. The van der Waals surface area contributed by atoms with Crippen molar-refractivity contribution in [3.63, 3.8) is 0 Å². The first-order valence-corrected chi connectivity index (χ1v) is 8.41. The predicted octanol–water partition coefficient (Wildman–Crippen LogP) is 0.649. The molecule has 1 aromatic heterocycles. The molecule has 0 saturated heterocycles. The largest absolute Gasteiger partial charge is 0.545 e. The lowest BCUT2D eigenvalue weighted by molar-refractivity contribution is -0.255. The Morgan fingerprint density at radius 3 is 2.21 bits per heavy atom. The van der Waals surface area contributed by atoms with Gasteiger partial charge in [0.05, 0.1) is 28.5 Å². The highest BCUT2D eigenvalue weighted by Crippen LogP contribution is 2.29. The maximum absolute atomic E-state index is 13.1. The van der Waals surface area contributed by atoms with E-state index >= 15 is 0 Å². The fourth-order valence-corrected chi connectivity index (χ4v) is 3.38. The molecule has 1 aliphatic heterocycles. The summed E-state index contributed by atoms with van der Waals surface area (Å²) in [5.41, 5.74) is 0.176. The normalized spacial score (nSPS) is 13.1. The second-order valence-electron chi connectivity index (χ2n) is 6.40. The van der Waals surface area contributed by atoms with Gasteiger partial charge in [0.1, 0.15) is 5.69 Å². The number of benzene rings is 2. The quantitative estimate of drug-likeness (QED) is 0.624. The maximum atomic E-state index is 13.1. The van der Waals surface area contributed by atoms with Crippen LogP contribution >= 0.6 is 0 Å². The number of hydrogen-bond acceptors (Lipinski definition) is 5. The fraction of sp³-hybridized carbons (Fsp3) is 0.100. The van der Waals surface area contributed by atoms with E-state index in [1.54, 1.807) is 42.9 Å². The molecule has 0 radical (unpaired) electrons. The Kier molecular flexibility index (Phi) is 3.78. The van der Waals surface area contributed by atoms with Gasteiger partial charge in [0.2, 0.25) is 0 Å². The molecule has 0 aliphatic carbocycles. The standard InChI is InChI=1S/C20H15N3O5/c1-11-16(19(26)23(21(11)2)13-6-4-3-5-7-13)22-17(24)14-9-8-12(20(27)28)10-15(14)18(22)25/h3-10H,1-2H3,(H,27,28)/p-1. The number of imide groups is 1. The van der Waals surface area contributed by atoms with Crippen LogP contribution in [0.15, 0.2) is 53.3 Å². The van der Waals surface area contributed by atoms with Crippen LogP contribution in [0, 0.1) is 6.92 Å². The smallest absolute Gasteiger partial charge is 0.296 e. The van der Waals surface area contributed by atoms with E-state index in [-0.39, 0.29) is 22.4 Å². The minimum absolute atomic E-state index is 0.0453. The van der Waals surface area contributed by atoms with Crippen LogP contribution in [0.2, 0.25) is 0 Å². The summed E-state index contributed by atoms with van der Waals surface area (Å²) in [5.74, 6) is -2.87. The topological polar surface area (TPSA) is 104 Å². The zero-order valence-electron chi connectivity index (χ0n) is 15.0. The lowest BCUT2D eigenvalue weighted by atomic mass is 10.1. The van der Waals surface area contributed by atoms with Crippen molar-refractivity contribution in [2.24, 2.45) is 7.05 Å². The van der Waals surface area contributed by atoms with E-state index in [2.05, 4.69) is 0 Å². The molecular weight excluding hydrogens is 362 g/mol. The van der Waals surface area contributed by atoms with Crippen molar-refractivity contribution in [3.05, 3.63) is 81.3 Å². The molecular formula is C20H14N3O5-. The average molecular weight is 376 g/mol. The average Bonchev–Trinajstić information content (AvgIpc) is 3.06. The summed E-state index contributed by atoms with van der Waals surface area (Å²) in [4.78, 5) is 50.7. The lowest BCUT2D eigenvalue weighted by Gasteiger charge is -2.11. The first kappa shape index (κ1) is 17.5. The van der Waals surface area contributed by atoms with Gasteiger partial charge in [-0.05, 0) is 36.8 Å². The Morgan fingerprint density at radius 1 is 0.929 bits per heavy atom. The van der Waals surface area contributed by atoms with Crippen molar-refractivity contribution in [1.29, 1.82) is 0 Å². The number of carbonyl (C=O) groups excluding carboxylic acids is 3. The molecule has 140 valence electrons. The van der Waals surface area contributed by atoms with Crippen LogP contribution < -0.4 is 15.6 Å². The second kappa shape index (κ2) is 6.05. The van der Waals surface area contributed by atoms with E-state index in [1.165, 1.54) is 16.8 Å². The third-order valence-electron chi connectivity index (χ3n) is 4.87. The number of aromatic carboxylic acids is 1. The van der Waals surface area contributed by atoms with Crippen LogP contribution in [0.25, 0.3) is 5.69 Å². The molecule has 8 nitrogen and oxygen atoms in total. The summed E-state index contributed by atoms with van der Waals surface area (Å²) >= 11 is 0. The molecule has 0 spiro atoms. The van der Waals surface area contributed by atoms with Gasteiger partial charge in [0.15, 0.2) is 0 Å². The zero-order valence-corrected chi connectivity index (χ0v) is 15.0. The first-order chi connectivity index (χ1) is 13.3. The first-order valence-electron chi connectivity index (χ1n) is 8.41. The highest BCUT2D eigenvalue weighted by molar-refractivity contribution is 6.34. The third-order valence-corrected chi connectivity index (χ3v) is 4.87. The number of rotatable bonds is 3. The minimum atomic E-state index is -1.45. The van der Waals surface area contributed by atoms with E-state index in [4.69, 9.17) is 0 Å². The molecule has 8 heteroatoms. The summed E-state index contributed by atoms with van der Waals surface area (Å²) in [6.07, 6.45) is 0. The summed E-state index contributed by atoms with van der Waals surface area (Å²) < 4.78 is 2.92. The number of anilines is 1. The van der Waals surface area contributed by atoms with Gasteiger partial charge in [0.25, 0.3) is 17.4 Å². The Labute approximate surface area is 158 Å². The van der Waals surface area contributed by atoms with Gasteiger partial charge in [-0.15, -0.1) is 0 Å². The Morgan fingerprint density at radius 2 is 1.57 bits per heavy atom. The lowest BCUT2D eigenvalue weighted by Crippen LogP contribution is -2.34. The molecule has 0 unspecified atom stereocenters. The van der Waals surface area contributed by atoms with Gasteiger partial charge in [-0.25, -0.2) is 9.58 Å². The number of carboxylic acids is 1. The number of aromatic nitrogens is 2. The molecule has 2 heterocycles. The maximum Gasteiger partial charge on any atom is 0.296 e. The Balaban J connectivity index is 1.89. The molecule has 0 saturated carbocycles. The van der Waals surface area contributed by atoms with E-state index in [9.17, 15) is 24.3 Å². The van der Waals surface area contributed by atoms with Gasteiger partial charge < -0.3 is 9.90 Å². The van der Waals surface area contributed by atoms with Crippen molar-refractivity contribution in [2.75, 3.05) is 4.90 Å². The van der Waals surface area contributed by atoms with E-state index in [1.807, 2.05) is 6.07 Å². The van der Waals surface area contributed by atoms with Gasteiger partial charge >= 0.3 is 0 Å². The Hall–Kier alpha value is -3.94. The van der Waals surface area contributed by atoms with Gasteiger partial charge in [-0.1, -0.05) is 24.3 Å². The van der Waals surface area contributed by atoms with E-state index < -0.39 is 23.3 Å². The molecule has 4 rings (SSSR count). The number of amides is 2. The van der Waals surface area contributed by atoms with Crippen LogP contribution in [0.5, 0.6) is 0 Å². The van der Waals surface area contributed by atoms with Crippen molar-refractivity contribution < 1.29 is 19.5 Å². The van der Waals surface area contributed by atoms with Crippen LogP contribution in [-0.2, 0) is 7.05 Å². The molecule has 0 atom stereocenters. The zero-order chi connectivity index (χ0) is 20.2. The fourth-order valence-electron chi connectivity index (χ4n) is 3.38. The number of nitrogens with zero attached hydrogens (tertiary/aromatic N) is 3. The van der Waals surface area contributed by atoms with Crippen LogP contribution in [0.4, 0.5) is 5.69 Å². The molecule has 3 aromatic rings. The summed E-state index contributed by atoms with van der Waals surface area (Å²) in [7, 11) is 1.65.